The van der Waals surface area contributed by atoms with Crippen molar-refractivity contribution in [2.75, 3.05) is 0 Å². The van der Waals surface area contributed by atoms with Gasteiger partial charge in [-0.15, -0.1) is 0 Å². The summed E-state index contributed by atoms with van der Waals surface area (Å²) in [4.78, 5) is 0. The van der Waals surface area contributed by atoms with Gasteiger partial charge in [0.15, 0.2) is 0 Å². The molecule has 14 heavy (non-hydrogen) atoms. The number of nitrogens with zero attached hydrogens (tertiary/aromatic N) is 3. The van der Waals surface area contributed by atoms with Crippen molar-refractivity contribution >= 4 is 0 Å². The van der Waals surface area contributed by atoms with Gasteiger partial charge in [0.2, 0.25) is 6.33 Å². The van der Waals surface area contributed by atoms with Gasteiger partial charge < -0.3 is 0 Å². The third-order valence-electron chi connectivity index (χ3n) is 2.08. The molecule has 0 N–H and O–H groups in total. The molecule has 0 saturated heterocycles. The van der Waals surface area contributed by atoms with Gasteiger partial charge in [0, 0.05) is 5.10 Å². The Labute approximate surface area is 83.6 Å². The highest BCUT2D eigenvalue weighted by Crippen LogP contribution is 2.02. The van der Waals surface area contributed by atoms with Crippen molar-refractivity contribution in [1.29, 1.82) is 0 Å². The summed E-state index contributed by atoms with van der Waals surface area (Å²) in [7, 11) is 0. The van der Waals surface area contributed by atoms with Gasteiger partial charge in [-0.1, -0.05) is 29.8 Å². The van der Waals surface area contributed by atoms with Crippen molar-refractivity contribution in [2.24, 2.45) is 0 Å². The van der Waals surface area contributed by atoms with E-state index in [0.717, 1.165) is 18.7 Å². The summed E-state index contributed by atoms with van der Waals surface area (Å²) in [6, 6.07) is 10.1. The molecule has 0 aliphatic heterocycles. The summed E-state index contributed by atoms with van der Waals surface area (Å²) in [5, 5.41) is 4.28. The molecule has 3 nitrogen and oxygen atoms in total. The Morgan fingerprint density at radius 3 is 2.79 bits per heavy atom. The second kappa shape index (κ2) is 4.05. The van der Waals surface area contributed by atoms with E-state index >= 15 is 0 Å². The molecule has 0 atom stereocenters. The molecule has 0 amide bonds. The second-order valence-electron chi connectivity index (χ2n) is 3.26. The zero-order valence-corrected chi connectivity index (χ0v) is 8.30. The van der Waals surface area contributed by atoms with Gasteiger partial charge in [0.05, 0.1) is 6.54 Å². The monoisotopic (exact) mass is 188 g/mol. The van der Waals surface area contributed by atoms with E-state index < -0.39 is 0 Å². The first-order valence-electron chi connectivity index (χ1n) is 4.89. The fourth-order valence-electron chi connectivity index (χ4n) is 1.41. The maximum atomic E-state index is 4.28. The van der Waals surface area contributed by atoms with E-state index in [1.807, 2.05) is 47.7 Å². The van der Waals surface area contributed by atoms with E-state index in [0.29, 0.717) is 0 Å². The largest absolute Gasteiger partial charge is 0.265 e. The van der Waals surface area contributed by atoms with E-state index in [9.17, 15) is 0 Å². The normalized spacial score (nSPS) is 10.4. The average molecular weight is 188 g/mol. The standard InChI is InChI=1S/C11H14N3/c1-2-8-13-9-12-14(10-13)11-6-4-3-5-7-11/h3-7,9-10H,2,8H2,1H3/q+1. The summed E-state index contributed by atoms with van der Waals surface area (Å²) < 4.78 is 3.97. The van der Waals surface area contributed by atoms with Gasteiger partial charge in [-0.2, -0.15) is 0 Å². The number of aromatic nitrogens is 3. The Hall–Kier alpha value is -1.64. The van der Waals surface area contributed by atoms with Crippen LogP contribution in [0.4, 0.5) is 0 Å². The molecule has 72 valence electrons. The summed E-state index contributed by atoms with van der Waals surface area (Å²) in [5.74, 6) is 0. The van der Waals surface area contributed by atoms with E-state index in [-0.39, 0.29) is 0 Å². The molecule has 0 saturated carbocycles. The van der Waals surface area contributed by atoms with Crippen LogP contribution in [-0.4, -0.2) is 9.78 Å². The van der Waals surface area contributed by atoms with Gasteiger partial charge in [-0.3, -0.25) is 0 Å². The number of rotatable bonds is 3. The third-order valence-corrected chi connectivity index (χ3v) is 2.08. The van der Waals surface area contributed by atoms with Gasteiger partial charge in [0.25, 0.3) is 6.33 Å². The maximum absolute atomic E-state index is 4.28. The number of aryl methyl sites for hydroxylation is 1. The van der Waals surface area contributed by atoms with Crippen LogP contribution in [0, 0.1) is 0 Å². The van der Waals surface area contributed by atoms with Crippen LogP contribution in [0.15, 0.2) is 43.0 Å². The molecule has 1 aromatic carbocycles. The highest BCUT2D eigenvalue weighted by molar-refractivity contribution is 5.28. The van der Waals surface area contributed by atoms with Gasteiger partial charge in [-0.25, -0.2) is 4.57 Å². The van der Waals surface area contributed by atoms with Crippen LogP contribution in [0.3, 0.4) is 0 Å². The van der Waals surface area contributed by atoms with Crippen molar-refractivity contribution < 1.29 is 4.57 Å². The van der Waals surface area contributed by atoms with Gasteiger partial charge in [-0.05, 0) is 18.6 Å². The minimum Gasteiger partial charge on any atom is -0.237 e. The summed E-state index contributed by atoms with van der Waals surface area (Å²) in [6.07, 6.45) is 5.00. The predicted octanol–water partition coefficient (Wildman–Crippen LogP) is 1.57. The number of hydrogen-bond acceptors (Lipinski definition) is 1. The molecule has 1 aromatic heterocycles. The molecule has 1 heterocycles. The molecule has 2 aromatic rings. The minimum absolute atomic E-state index is 1.02. The van der Waals surface area contributed by atoms with E-state index in [2.05, 4.69) is 16.6 Å². The highest BCUT2D eigenvalue weighted by atomic mass is 15.3. The second-order valence-corrected chi connectivity index (χ2v) is 3.26. The lowest BCUT2D eigenvalue weighted by Crippen LogP contribution is -2.30. The Bertz CT molecular complexity index is 392. The smallest absolute Gasteiger partial charge is 0.237 e. The molecule has 0 aliphatic carbocycles. The predicted molar refractivity (Wildman–Crippen MR) is 54.1 cm³/mol. The molecule has 2 rings (SSSR count). The van der Waals surface area contributed by atoms with Crippen LogP contribution in [0.1, 0.15) is 13.3 Å². The first kappa shape index (κ1) is 8.94. The lowest BCUT2D eigenvalue weighted by molar-refractivity contribution is -0.697. The van der Waals surface area contributed by atoms with Crippen LogP contribution >= 0.6 is 0 Å². The van der Waals surface area contributed by atoms with E-state index in [1.54, 1.807) is 0 Å². The van der Waals surface area contributed by atoms with Crippen molar-refractivity contribution in [3.63, 3.8) is 0 Å². The molecule has 0 radical (unpaired) electrons. The fraction of sp³-hybridized carbons (Fsp3) is 0.273. The molecular formula is C11H14N3+. The molecular weight excluding hydrogens is 174 g/mol. The molecule has 0 spiro atoms. The molecule has 0 aliphatic rings. The van der Waals surface area contributed by atoms with Crippen molar-refractivity contribution in [3.05, 3.63) is 43.0 Å². The quantitative estimate of drug-likeness (QED) is 0.670. The molecule has 0 bridgehead atoms. The number of hydrogen-bond donors (Lipinski definition) is 0. The Kier molecular flexibility index (Phi) is 2.58. The van der Waals surface area contributed by atoms with Crippen LogP contribution in [0.2, 0.25) is 0 Å². The van der Waals surface area contributed by atoms with Crippen LogP contribution < -0.4 is 4.57 Å². The summed E-state index contributed by atoms with van der Waals surface area (Å²) in [5.41, 5.74) is 1.10. The fourth-order valence-corrected chi connectivity index (χ4v) is 1.41. The number of para-hydroxylation sites is 1. The van der Waals surface area contributed by atoms with Crippen molar-refractivity contribution in [1.82, 2.24) is 9.78 Å². The maximum Gasteiger partial charge on any atom is 0.265 e. The zero-order chi connectivity index (χ0) is 9.80. The Morgan fingerprint density at radius 2 is 2.07 bits per heavy atom. The van der Waals surface area contributed by atoms with Crippen LogP contribution in [0.5, 0.6) is 0 Å². The summed E-state index contributed by atoms with van der Waals surface area (Å²) >= 11 is 0. The van der Waals surface area contributed by atoms with E-state index in [4.69, 9.17) is 0 Å². The number of benzene rings is 1. The minimum atomic E-state index is 1.02. The van der Waals surface area contributed by atoms with Crippen LogP contribution in [-0.2, 0) is 6.54 Å². The topological polar surface area (TPSA) is 21.7 Å². The van der Waals surface area contributed by atoms with Gasteiger partial charge in [0.1, 0.15) is 5.69 Å². The first-order valence-corrected chi connectivity index (χ1v) is 4.89. The van der Waals surface area contributed by atoms with Crippen molar-refractivity contribution in [2.45, 2.75) is 19.9 Å². The highest BCUT2D eigenvalue weighted by Gasteiger charge is 2.06. The molecule has 0 fully saturated rings. The molecule has 0 unspecified atom stereocenters. The van der Waals surface area contributed by atoms with Gasteiger partial charge >= 0.3 is 0 Å². The SMILES string of the molecule is CCC[n+]1cnn(-c2ccccc2)c1. The Balaban J connectivity index is 2.25. The lowest BCUT2D eigenvalue weighted by Gasteiger charge is -1.91. The molecule has 3 heteroatoms. The lowest BCUT2D eigenvalue weighted by atomic mass is 10.3. The van der Waals surface area contributed by atoms with Crippen LogP contribution in [0.25, 0.3) is 5.69 Å². The first-order chi connectivity index (χ1) is 6.90. The Morgan fingerprint density at radius 1 is 1.29 bits per heavy atom. The summed E-state index contributed by atoms with van der Waals surface area (Å²) in [6.45, 7) is 3.18. The third kappa shape index (κ3) is 1.82. The average Bonchev–Trinajstić information content (AvgIpc) is 2.68. The van der Waals surface area contributed by atoms with E-state index in [1.165, 1.54) is 0 Å². The van der Waals surface area contributed by atoms with Crippen molar-refractivity contribution in [3.8, 4) is 5.69 Å². The zero-order valence-electron chi connectivity index (χ0n) is 8.30.